The Hall–Kier alpha value is -3.08. The van der Waals surface area contributed by atoms with E-state index in [1.165, 1.54) is 8.71 Å². The third-order valence-electron chi connectivity index (χ3n) is 6.53. The molecule has 2 saturated heterocycles. The quantitative estimate of drug-likeness (QED) is 0.543. The van der Waals surface area contributed by atoms with Gasteiger partial charge in [0.15, 0.2) is 0 Å². The van der Waals surface area contributed by atoms with E-state index in [0.29, 0.717) is 63.5 Å². The highest BCUT2D eigenvalue weighted by Crippen LogP contribution is 2.27. The Morgan fingerprint density at radius 2 is 1.71 bits per heavy atom. The maximum atomic E-state index is 13.3. The predicted octanol–water partition coefficient (Wildman–Crippen LogP) is 1.19. The molecule has 34 heavy (non-hydrogen) atoms. The van der Waals surface area contributed by atoms with Crippen LogP contribution >= 0.6 is 0 Å². The van der Waals surface area contributed by atoms with Gasteiger partial charge in [0.05, 0.1) is 10.6 Å². The van der Waals surface area contributed by atoms with Crippen LogP contribution < -0.4 is 5.56 Å². The first-order valence-corrected chi connectivity index (χ1v) is 12.9. The lowest BCUT2D eigenvalue weighted by Gasteiger charge is -2.37. The molecule has 0 radical (unpaired) electrons. The number of hydrogen-bond acceptors (Lipinski definition) is 6. The van der Waals surface area contributed by atoms with Gasteiger partial charge in [0.25, 0.3) is 5.56 Å². The van der Waals surface area contributed by atoms with Crippen molar-refractivity contribution >= 4 is 21.6 Å². The van der Waals surface area contributed by atoms with E-state index in [4.69, 9.17) is 0 Å². The highest BCUT2D eigenvalue weighted by molar-refractivity contribution is 7.89. The normalized spacial score (nSPS) is 20.1. The Morgan fingerprint density at radius 3 is 2.47 bits per heavy atom. The van der Waals surface area contributed by atoms with Crippen LogP contribution in [0.25, 0.3) is 5.65 Å². The van der Waals surface area contributed by atoms with Gasteiger partial charge in [-0.1, -0.05) is 24.3 Å². The van der Waals surface area contributed by atoms with Crippen LogP contribution in [0.5, 0.6) is 0 Å². The zero-order valence-corrected chi connectivity index (χ0v) is 19.6. The van der Waals surface area contributed by atoms with Crippen LogP contribution in [0.4, 0.5) is 0 Å². The smallest absolute Gasteiger partial charge is 0.258 e. The van der Waals surface area contributed by atoms with E-state index in [2.05, 4.69) is 9.88 Å². The average molecular weight is 482 g/mol. The summed E-state index contributed by atoms with van der Waals surface area (Å²) in [4.78, 5) is 34.4. The first-order valence-electron chi connectivity index (χ1n) is 11.5. The summed E-state index contributed by atoms with van der Waals surface area (Å²) in [5, 5.41) is 0. The van der Waals surface area contributed by atoms with Crippen molar-refractivity contribution < 1.29 is 13.2 Å². The van der Waals surface area contributed by atoms with E-state index in [1.54, 1.807) is 59.6 Å². The molecule has 0 aliphatic carbocycles. The molecule has 178 valence electrons. The van der Waals surface area contributed by atoms with Crippen LogP contribution in [0.1, 0.15) is 18.5 Å². The summed E-state index contributed by atoms with van der Waals surface area (Å²) in [5.41, 5.74) is 1.20. The zero-order chi connectivity index (χ0) is 23.7. The molecule has 2 aromatic heterocycles. The van der Waals surface area contributed by atoms with Crippen molar-refractivity contribution in [1.29, 1.82) is 0 Å². The van der Waals surface area contributed by atoms with E-state index < -0.39 is 16.1 Å². The molecule has 2 aliphatic rings. The highest BCUT2D eigenvalue weighted by Gasteiger charge is 2.41. The Balaban J connectivity index is 1.23. The van der Waals surface area contributed by atoms with E-state index in [1.807, 2.05) is 6.07 Å². The van der Waals surface area contributed by atoms with Gasteiger partial charge in [-0.15, -0.1) is 0 Å². The van der Waals surface area contributed by atoms with Crippen molar-refractivity contribution in [2.24, 2.45) is 0 Å². The second kappa shape index (κ2) is 9.28. The molecule has 4 heterocycles. The second-order valence-corrected chi connectivity index (χ2v) is 10.6. The molecule has 5 rings (SSSR count). The number of sulfonamides is 1. The van der Waals surface area contributed by atoms with Gasteiger partial charge in [-0.25, -0.2) is 13.4 Å². The number of piperazine rings is 1. The summed E-state index contributed by atoms with van der Waals surface area (Å²) in [7, 11) is -3.71. The van der Waals surface area contributed by atoms with Crippen molar-refractivity contribution in [3.05, 3.63) is 76.8 Å². The maximum absolute atomic E-state index is 13.3. The molecular weight excluding hydrogens is 454 g/mol. The molecule has 3 aromatic rings. The van der Waals surface area contributed by atoms with Gasteiger partial charge < -0.3 is 4.90 Å². The van der Waals surface area contributed by atoms with Gasteiger partial charge in [0.1, 0.15) is 11.7 Å². The third-order valence-corrected chi connectivity index (χ3v) is 8.45. The van der Waals surface area contributed by atoms with E-state index in [-0.39, 0.29) is 16.4 Å². The number of carbonyl (C=O) groups excluding carboxylic acids is 1. The zero-order valence-electron chi connectivity index (χ0n) is 18.8. The highest BCUT2D eigenvalue weighted by atomic mass is 32.2. The Bertz CT molecular complexity index is 1350. The first kappa shape index (κ1) is 22.7. The monoisotopic (exact) mass is 481 g/mol. The molecular formula is C24H27N5O4S. The van der Waals surface area contributed by atoms with Crippen LogP contribution in [0.2, 0.25) is 0 Å². The lowest BCUT2D eigenvalue weighted by molar-refractivity contribution is -0.136. The van der Waals surface area contributed by atoms with Crippen LogP contribution in [0.15, 0.2) is 70.5 Å². The summed E-state index contributed by atoms with van der Waals surface area (Å²) in [5.74, 6) is -0.126. The molecule has 9 nitrogen and oxygen atoms in total. The lowest BCUT2D eigenvalue weighted by atomic mass is 10.2. The summed E-state index contributed by atoms with van der Waals surface area (Å²) in [6.45, 7) is 3.19. The molecule has 10 heteroatoms. The first-order chi connectivity index (χ1) is 16.4. The summed E-state index contributed by atoms with van der Waals surface area (Å²) >= 11 is 0. The van der Waals surface area contributed by atoms with Crippen molar-refractivity contribution in [3.8, 4) is 0 Å². The molecule has 0 bridgehead atoms. The van der Waals surface area contributed by atoms with Crippen molar-refractivity contribution in [2.75, 3.05) is 32.7 Å². The van der Waals surface area contributed by atoms with Crippen molar-refractivity contribution in [3.63, 3.8) is 0 Å². The van der Waals surface area contributed by atoms with Crippen molar-refractivity contribution in [1.82, 2.24) is 23.5 Å². The standard InChI is InChI=1S/C24H27N5O4S/c30-23-17-19(25-22-10-4-5-11-28(22)23)18-26-13-15-27(16-14-26)24(31)21-9-6-12-29(21)34(32,33)20-7-2-1-3-8-20/h1-5,7-8,10-11,17,21H,6,9,12-16,18H2. The molecule has 1 aromatic carbocycles. The number of nitrogens with zero attached hydrogens (tertiary/aromatic N) is 5. The SMILES string of the molecule is O=C(C1CCCN1S(=O)(=O)c1ccccc1)N1CCN(Cc2cc(=O)n3ccccc3n2)CC1. The molecule has 0 N–H and O–H groups in total. The molecule has 2 fully saturated rings. The number of aromatic nitrogens is 2. The number of carbonyl (C=O) groups is 1. The predicted molar refractivity (Wildman–Crippen MR) is 127 cm³/mol. The Kier molecular flexibility index (Phi) is 6.20. The number of hydrogen-bond donors (Lipinski definition) is 0. The fourth-order valence-corrected chi connectivity index (χ4v) is 6.42. The van der Waals surface area contributed by atoms with Crippen LogP contribution in [-0.4, -0.2) is 76.6 Å². The number of amides is 1. The summed E-state index contributed by atoms with van der Waals surface area (Å²) in [6.07, 6.45) is 2.91. The minimum Gasteiger partial charge on any atom is -0.339 e. The molecule has 0 saturated carbocycles. The van der Waals surface area contributed by atoms with E-state index in [9.17, 15) is 18.0 Å². The fraction of sp³-hybridized carbons (Fsp3) is 0.375. The van der Waals surface area contributed by atoms with Gasteiger partial charge in [-0.3, -0.25) is 18.9 Å². The maximum Gasteiger partial charge on any atom is 0.258 e. The van der Waals surface area contributed by atoms with Crippen molar-refractivity contribution in [2.45, 2.75) is 30.3 Å². The van der Waals surface area contributed by atoms with Crippen LogP contribution in [-0.2, 0) is 21.4 Å². The second-order valence-electron chi connectivity index (χ2n) is 8.70. The molecule has 0 spiro atoms. The largest absolute Gasteiger partial charge is 0.339 e. The van der Waals surface area contributed by atoms with Crippen LogP contribution in [0.3, 0.4) is 0 Å². The minimum absolute atomic E-state index is 0.115. The van der Waals surface area contributed by atoms with Gasteiger partial charge in [-0.2, -0.15) is 4.31 Å². The summed E-state index contributed by atoms with van der Waals surface area (Å²) in [6, 6.07) is 14.6. The van der Waals surface area contributed by atoms with E-state index >= 15 is 0 Å². The average Bonchev–Trinajstić information content (AvgIpc) is 3.36. The number of benzene rings is 1. The molecule has 1 unspecified atom stereocenters. The number of rotatable bonds is 5. The van der Waals surface area contributed by atoms with Gasteiger partial charge in [0.2, 0.25) is 15.9 Å². The van der Waals surface area contributed by atoms with Gasteiger partial charge in [-0.05, 0) is 37.1 Å². The third kappa shape index (κ3) is 4.36. The lowest BCUT2D eigenvalue weighted by Crippen LogP contribution is -2.54. The molecule has 1 amide bonds. The topological polar surface area (TPSA) is 95.3 Å². The summed E-state index contributed by atoms with van der Waals surface area (Å²) < 4.78 is 29.1. The number of fused-ring (bicyclic) bond motifs is 1. The van der Waals surface area contributed by atoms with Gasteiger partial charge >= 0.3 is 0 Å². The van der Waals surface area contributed by atoms with Crippen LogP contribution in [0, 0.1) is 0 Å². The molecule has 2 aliphatic heterocycles. The Labute approximate surface area is 198 Å². The minimum atomic E-state index is -3.71. The number of pyridine rings is 1. The Morgan fingerprint density at radius 1 is 0.971 bits per heavy atom. The molecule has 1 atom stereocenters. The van der Waals surface area contributed by atoms with Gasteiger partial charge in [0, 0.05) is 51.5 Å². The van der Waals surface area contributed by atoms with E-state index in [0.717, 1.165) is 0 Å². The fourth-order valence-electron chi connectivity index (χ4n) is 4.75.